The molecular formula is C16H17BrFNO. The fourth-order valence-corrected chi connectivity index (χ4v) is 2.43. The van der Waals surface area contributed by atoms with Gasteiger partial charge in [0.05, 0.1) is 11.1 Å². The third kappa shape index (κ3) is 3.81. The van der Waals surface area contributed by atoms with Gasteiger partial charge in [0.1, 0.15) is 0 Å². The van der Waals surface area contributed by atoms with Crippen LogP contribution in [0.3, 0.4) is 0 Å². The Bertz CT molecular complexity index is 560. The number of nitrogens with two attached hydrogens (primary N) is 1. The van der Waals surface area contributed by atoms with E-state index in [1.807, 2.05) is 18.2 Å². The average Bonchev–Trinajstić information content (AvgIpc) is 2.49. The summed E-state index contributed by atoms with van der Waals surface area (Å²) < 4.78 is 19.9. The number of rotatable bonds is 6. The van der Waals surface area contributed by atoms with E-state index in [1.54, 1.807) is 12.1 Å². The van der Waals surface area contributed by atoms with Gasteiger partial charge in [-0.1, -0.05) is 36.4 Å². The van der Waals surface area contributed by atoms with Gasteiger partial charge in [-0.05, 0) is 46.0 Å². The van der Waals surface area contributed by atoms with Gasteiger partial charge >= 0.3 is 0 Å². The predicted octanol–water partition coefficient (Wildman–Crippen LogP) is 4.06. The van der Waals surface area contributed by atoms with Crippen molar-refractivity contribution in [1.82, 2.24) is 0 Å². The molecule has 0 fully saturated rings. The van der Waals surface area contributed by atoms with Crippen LogP contribution in [-0.4, -0.2) is 6.61 Å². The highest BCUT2D eigenvalue weighted by Gasteiger charge is 2.11. The van der Waals surface area contributed by atoms with Crippen LogP contribution in [-0.2, 0) is 13.0 Å². The van der Waals surface area contributed by atoms with E-state index < -0.39 is 0 Å². The van der Waals surface area contributed by atoms with Crippen LogP contribution < -0.4 is 10.5 Å². The Morgan fingerprint density at radius 3 is 2.55 bits per heavy atom. The van der Waals surface area contributed by atoms with Crippen LogP contribution in [0.1, 0.15) is 17.5 Å². The first kappa shape index (κ1) is 15.0. The summed E-state index contributed by atoms with van der Waals surface area (Å²) in [6.07, 6.45) is 1.77. The van der Waals surface area contributed by atoms with E-state index in [2.05, 4.69) is 28.1 Å². The van der Waals surface area contributed by atoms with Crippen molar-refractivity contribution >= 4 is 15.9 Å². The second-order valence-corrected chi connectivity index (χ2v) is 5.29. The highest BCUT2D eigenvalue weighted by Crippen LogP contribution is 2.28. The number of ether oxygens (including phenoxy) is 1. The predicted molar refractivity (Wildman–Crippen MR) is 82.2 cm³/mol. The van der Waals surface area contributed by atoms with Gasteiger partial charge < -0.3 is 10.5 Å². The van der Waals surface area contributed by atoms with E-state index in [0.717, 1.165) is 18.4 Å². The first-order chi connectivity index (χ1) is 9.72. The molecule has 0 aromatic heterocycles. The summed E-state index contributed by atoms with van der Waals surface area (Å²) in [6.45, 7) is 0.784. The van der Waals surface area contributed by atoms with Gasteiger partial charge in [0, 0.05) is 6.54 Å². The zero-order chi connectivity index (χ0) is 14.4. The van der Waals surface area contributed by atoms with Crippen LogP contribution >= 0.6 is 15.9 Å². The molecule has 0 bridgehead atoms. The Labute approximate surface area is 126 Å². The number of hydrogen-bond donors (Lipinski definition) is 1. The molecule has 0 heterocycles. The second kappa shape index (κ2) is 7.41. The fourth-order valence-electron chi connectivity index (χ4n) is 1.94. The minimum Gasteiger partial charge on any atom is -0.490 e. The van der Waals surface area contributed by atoms with Crippen molar-refractivity contribution in [2.24, 2.45) is 5.73 Å². The van der Waals surface area contributed by atoms with Crippen molar-refractivity contribution in [3.8, 4) is 5.75 Å². The van der Waals surface area contributed by atoms with Gasteiger partial charge in [0.15, 0.2) is 11.6 Å². The van der Waals surface area contributed by atoms with Crippen LogP contribution in [0.15, 0.2) is 46.9 Å². The Morgan fingerprint density at radius 2 is 1.85 bits per heavy atom. The molecular weight excluding hydrogens is 321 g/mol. The molecule has 2 rings (SSSR count). The molecule has 20 heavy (non-hydrogen) atoms. The Balaban J connectivity index is 1.87. The molecule has 2 N–H and O–H groups in total. The molecule has 106 valence electrons. The first-order valence-electron chi connectivity index (χ1n) is 6.56. The second-order valence-electron chi connectivity index (χ2n) is 4.49. The monoisotopic (exact) mass is 337 g/mol. The summed E-state index contributed by atoms with van der Waals surface area (Å²) in [5.74, 6) is -0.116. The lowest BCUT2D eigenvalue weighted by Crippen LogP contribution is -2.04. The van der Waals surface area contributed by atoms with Crippen LogP contribution in [0.25, 0.3) is 0 Å². The maximum Gasteiger partial charge on any atom is 0.179 e. The van der Waals surface area contributed by atoms with Crippen molar-refractivity contribution in [2.45, 2.75) is 19.4 Å². The molecule has 2 aromatic rings. The van der Waals surface area contributed by atoms with E-state index in [9.17, 15) is 4.39 Å². The SMILES string of the molecule is NCc1ccc(OCCCc2ccccc2)c(F)c1Br. The van der Waals surface area contributed by atoms with Crippen LogP contribution in [0.5, 0.6) is 5.75 Å². The van der Waals surface area contributed by atoms with Gasteiger partial charge in [-0.2, -0.15) is 0 Å². The molecule has 0 saturated heterocycles. The standard InChI is InChI=1S/C16H17BrFNO/c17-15-13(11-19)8-9-14(16(15)18)20-10-4-7-12-5-2-1-3-6-12/h1-3,5-6,8-9H,4,7,10-11,19H2. The normalized spacial score (nSPS) is 10.6. The first-order valence-corrected chi connectivity index (χ1v) is 7.35. The van der Waals surface area contributed by atoms with E-state index in [-0.39, 0.29) is 11.6 Å². The highest BCUT2D eigenvalue weighted by molar-refractivity contribution is 9.10. The Morgan fingerprint density at radius 1 is 1.10 bits per heavy atom. The summed E-state index contributed by atoms with van der Waals surface area (Å²) in [6, 6.07) is 13.6. The molecule has 2 aromatic carbocycles. The lowest BCUT2D eigenvalue weighted by molar-refractivity contribution is 0.295. The quantitative estimate of drug-likeness (QED) is 0.806. The Hall–Kier alpha value is -1.39. The van der Waals surface area contributed by atoms with E-state index >= 15 is 0 Å². The largest absolute Gasteiger partial charge is 0.490 e. The zero-order valence-electron chi connectivity index (χ0n) is 11.1. The van der Waals surface area contributed by atoms with Crippen LogP contribution in [0.2, 0.25) is 0 Å². The highest BCUT2D eigenvalue weighted by atomic mass is 79.9. The molecule has 0 aliphatic carbocycles. The summed E-state index contributed by atoms with van der Waals surface area (Å²) >= 11 is 3.20. The molecule has 0 aliphatic rings. The molecule has 4 heteroatoms. The maximum absolute atomic E-state index is 14.0. The Kier molecular flexibility index (Phi) is 5.56. The third-order valence-corrected chi connectivity index (χ3v) is 3.91. The third-order valence-electron chi connectivity index (χ3n) is 3.06. The molecule has 0 spiro atoms. The number of aryl methyl sites for hydroxylation is 1. The topological polar surface area (TPSA) is 35.2 Å². The van der Waals surface area contributed by atoms with Gasteiger partial charge in [-0.15, -0.1) is 0 Å². The van der Waals surface area contributed by atoms with Crippen molar-refractivity contribution in [3.05, 3.63) is 63.9 Å². The lowest BCUT2D eigenvalue weighted by atomic mass is 10.1. The molecule has 0 amide bonds. The summed E-state index contributed by atoms with van der Waals surface area (Å²) in [4.78, 5) is 0. The molecule has 0 aliphatic heterocycles. The van der Waals surface area contributed by atoms with Gasteiger partial charge in [-0.3, -0.25) is 0 Å². The summed E-state index contributed by atoms with van der Waals surface area (Å²) in [7, 11) is 0. The van der Waals surface area contributed by atoms with E-state index in [1.165, 1.54) is 5.56 Å². The minimum atomic E-state index is -0.382. The van der Waals surface area contributed by atoms with E-state index in [4.69, 9.17) is 10.5 Å². The van der Waals surface area contributed by atoms with Crippen molar-refractivity contribution < 1.29 is 9.13 Å². The number of benzene rings is 2. The molecule has 2 nitrogen and oxygen atoms in total. The summed E-state index contributed by atoms with van der Waals surface area (Å²) in [5, 5.41) is 0. The van der Waals surface area contributed by atoms with Crippen LogP contribution in [0.4, 0.5) is 4.39 Å². The molecule has 0 radical (unpaired) electrons. The van der Waals surface area contributed by atoms with Gasteiger partial charge in [-0.25, -0.2) is 4.39 Å². The lowest BCUT2D eigenvalue weighted by Gasteiger charge is -2.10. The van der Waals surface area contributed by atoms with E-state index in [0.29, 0.717) is 17.6 Å². The van der Waals surface area contributed by atoms with Gasteiger partial charge in [0.25, 0.3) is 0 Å². The smallest absolute Gasteiger partial charge is 0.179 e. The molecule has 0 saturated carbocycles. The zero-order valence-corrected chi connectivity index (χ0v) is 12.7. The molecule has 0 unspecified atom stereocenters. The summed E-state index contributed by atoms with van der Waals surface area (Å²) in [5.41, 5.74) is 7.51. The minimum absolute atomic E-state index is 0.266. The number of hydrogen-bond acceptors (Lipinski definition) is 2. The van der Waals surface area contributed by atoms with Crippen LogP contribution in [0, 0.1) is 5.82 Å². The maximum atomic E-state index is 14.0. The average molecular weight is 338 g/mol. The fraction of sp³-hybridized carbons (Fsp3) is 0.250. The van der Waals surface area contributed by atoms with Crippen molar-refractivity contribution in [3.63, 3.8) is 0 Å². The number of halogens is 2. The molecule has 0 atom stereocenters. The van der Waals surface area contributed by atoms with Crippen molar-refractivity contribution in [1.29, 1.82) is 0 Å². The van der Waals surface area contributed by atoms with Gasteiger partial charge in [0.2, 0.25) is 0 Å². The van der Waals surface area contributed by atoms with Crippen molar-refractivity contribution in [2.75, 3.05) is 6.61 Å².